The maximum atomic E-state index is 12.9. The van der Waals surface area contributed by atoms with Crippen LogP contribution in [0.5, 0.6) is 0 Å². The lowest BCUT2D eigenvalue weighted by molar-refractivity contribution is -0.385. The molecule has 1 aliphatic rings. The molecule has 0 saturated carbocycles. The van der Waals surface area contributed by atoms with Gasteiger partial charge in [0.05, 0.1) is 9.82 Å². The predicted molar refractivity (Wildman–Crippen MR) is 108 cm³/mol. The number of hydrogen-bond donors (Lipinski definition) is 1. The Bertz CT molecular complexity index is 1020. The van der Waals surface area contributed by atoms with E-state index < -0.39 is 14.9 Å². The highest BCUT2D eigenvalue weighted by Crippen LogP contribution is 2.22. The minimum atomic E-state index is -3.82. The zero-order valence-electron chi connectivity index (χ0n) is 16.0. The highest BCUT2D eigenvalue weighted by molar-refractivity contribution is 7.89. The molecule has 0 aliphatic carbocycles. The summed E-state index contributed by atoms with van der Waals surface area (Å²) in [5, 5.41) is 13.6. The van der Waals surface area contributed by atoms with Crippen molar-refractivity contribution in [3.05, 3.63) is 64.5 Å². The molecule has 0 radical (unpaired) electrons. The number of non-ortho nitro benzene ring substituents is 1. The van der Waals surface area contributed by atoms with Crippen molar-refractivity contribution in [2.45, 2.75) is 11.3 Å². The molecule has 2 aromatic carbocycles. The number of nitrogens with one attached hydrogen (secondary N) is 1. The average Bonchev–Trinajstić information content (AvgIpc) is 2.74. The van der Waals surface area contributed by atoms with Crippen LogP contribution in [-0.2, 0) is 14.8 Å². The van der Waals surface area contributed by atoms with Gasteiger partial charge in [0.1, 0.15) is 5.82 Å². The molecule has 2 aromatic rings. The molecule has 1 heterocycles. The van der Waals surface area contributed by atoms with Crippen LogP contribution in [0.3, 0.4) is 0 Å². The number of carbonyl (C=O) groups is 1. The molecule has 0 atom stereocenters. The van der Waals surface area contributed by atoms with Gasteiger partial charge < -0.3 is 10.2 Å². The molecule has 160 valence electrons. The lowest BCUT2D eigenvalue weighted by atomic mass is 10.2. The number of anilines is 1. The van der Waals surface area contributed by atoms with Gasteiger partial charge in [-0.3, -0.25) is 14.9 Å². The van der Waals surface area contributed by atoms with E-state index in [1.807, 2.05) is 4.90 Å². The summed E-state index contributed by atoms with van der Waals surface area (Å²) < 4.78 is 39.7. The van der Waals surface area contributed by atoms with Crippen LogP contribution in [0.15, 0.2) is 53.4 Å². The molecule has 11 heteroatoms. The standard InChI is InChI=1S/C19H21FN4O5S/c20-15-4-6-16(7-5-15)21-19(25)8-9-22-10-12-23(13-11-22)30(28,29)18-3-1-2-17(14-18)24(26)27/h1-7,14H,8-13H2,(H,21,25). The zero-order chi connectivity index (χ0) is 21.7. The number of hydrogen-bond acceptors (Lipinski definition) is 6. The maximum Gasteiger partial charge on any atom is 0.270 e. The lowest BCUT2D eigenvalue weighted by Gasteiger charge is -2.33. The molecule has 0 spiro atoms. The Hall–Kier alpha value is -2.89. The Morgan fingerprint density at radius 2 is 1.77 bits per heavy atom. The van der Waals surface area contributed by atoms with Gasteiger partial charge in [-0.05, 0) is 30.3 Å². The van der Waals surface area contributed by atoms with Gasteiger partial charge in [0.15, 0.2) is 0 Å². The molecule has 1 fully saturated rings. The molecule has 1 amide bonds. The second-order valence-electron chi connectivity index (χ2n) is 6.81. The first kappa shape index (κ1) is 21.8. The van der Waals surface area contributed by atoms with Crippen molar-refractivity contribution < 1.29 is 22.5 Å². The first-order chi connectivity index (χ1) is 14.3. The number of benzene rings is 2. The minimum Gasteiger partial charge on any atom is -0.326 e. The molecular formula is C19H21FN4O5S. The van der Waals surface area contributed by atoms with E-state index in [1.165, 1.54) is 46.8 Å². The Morgan fingerprint density at radius 3 is 2.40 bits per heavy atom. The van der Waals surface area contributed by atoms with Crippen molar-refractivity contribution in [2.75, 3.05) is 38.0 Å². The minimum absolute atomic E-state index is 0.108. The number of nitro groups is 1. The molecule has 1 aliphatic heterocycles. The normalized spacial score (nSPS) is 15.6. The summed E-state index contributed by atoms with van der Waals surface area (Å²) >= 11 is 0. The summed E-state index contributed by atoms with van der Waals surface area (Å²) in [6, 6.07) is 10.5. The van der Waals surface area contributed by atoms with E-state index in [2.05, 4.69) is 5.32 Å². The van der Waals surface area contributed by atoms with Crippen LogP contribution >= 0.6 is 0 Å². The molecule has 0 aromatic heterocycles. The van der Waals surface area contributed by atoms with Gasteiger partial charge in [0, 0.05) is 57.0 Å². The molecule has 1 saturated heterocycles. The van der Waals surface area contributed by atoms with E-state index in [-0.39, 0.29) is 41.8 Å². The van der Waals surface area contributed by atoms with Crippen LogP contribution < -0.4 is 5.32 Å². The predicted octanol–water partition coefficient (Wildman–Crippen LogP) is 2.07. The zero-order valence-corrected chi connectivity index (χ0v) is 16.8. The van der Waals surface area contributed by atoms with E-state index in [0.29, 0.717) is 25.3 Å². The molecule has 1 N–H and O–H groups in total. The SMILES string of the molecule is O=C(CCN1CCN(S(=O)(=O)c2cccc([N+](=O)[O-])c2)CC1)Nc1ccc(F)cc1. The summed E-state index contributed by atoms with van der Waals surface area (Å²) in [5.41, 5.74) is 0.233. The molecule has 30 heavy (non-hydrogen) atoms. The Labute approximate surface area is 173 Å². The van der Waals surface area contributed by atoms with Gasteiger partial charge >= 0.3 is 0 Å². The van der Waals surface area contributed by atoms with Crippen molar-refractivity contribution >= 4 is 27.3 Å². The number of amides is 1. The van der Waals surface area contributed by atoms with E-state index in [4.69, 9.17) is 0 Å². The fraction of sp³-hybridized carbons (Fsp3) is 0.316. The largest absolute Gasteiger partial charge is 0.326 e. The summed E-state index contributed by atoms with van der Waals surface area (Å²) in [6.45, 7) is 1.79. The summed E-state index contributed by atoms with van der Waals surface area (Å²) in [4.78, 5) is 24.2. The van der Waals surface area contributed by atoms with Gasteiger partial charge in [0.25, 0.3) is 5.69 Å². The summed E-state index contributed by atoms with van der Waals surface area (Å²) in [6.07, 6.45) is 0.217. The van der Waals surface area contributed by atoms with Gasteiger partial charge in [-0.2, -0.15) is 4.31 Å². The summed E-state index contributed by atoms with van der Waals surface area (Å²) in [5.74, 6) is -0.598. The van der Waals surface area contributed by atoms with Crippen molar-refractivity contribution in [1.29, 1.82) is 0 Å². The summed E-state index contributed by atoms with van der Waals surface area (Å²) in [7, 11) is -3.82. The van der Waals surface area contributed by atoms with E-state index in [9.17, 15) is 27.7 Å². The number of nitro benzene ring substituents is 1. The van der Waals surface area contributed by atoms with Crippen molar-refractivity contribution in [3.8, 4) is 0 Å². The Balaban J connectivity index is 1.50. The third-order valence-corrected chi connectivity index (χ3v) is 6.68. The van der Waals surface area contributed by atoms with Gasteiger partial charge in [-0.15, -0.1) is 0 Å². The maximum absolute atomic E-state index is 12.9. The molecule has 0 unspecified atom stereocenters. The van der Waals surface area contributed by atoms with Gasteiger partial charge in [0.2, 0.25) is 15.9 Å². The average molecular weight is 436 g/mol. The smallest absolute Gasteiger partial charge is 0.270 e. The quantitative estimate of drug-likeness (QED) is 0.525. The third kappa shape index (κ3) is 5.38. The molecule has 0 bridgehead atoms. The first-order valence-electron chi connectivity index (χ1n) is 9.28. The monoisotopic (exact) mass is 436 g/mol. The van der Waals surface area contributed by atoms with Gasteiger partial charge in [-0.1, -0.05) is 6.07 Å². The van der Waals surface area contributed by atoms with Crippen LogP contribution in [0.2, 0.25) is 0 Å². The van der Waals surface area contributed by atoms with Crippen molar-refractivity contribution in [2.24, 2.45) is 0 Å². The second-order valence-corrected chi connectivity index (χ2v) is 8.74. The van der Waals surface area contributed by atoms with Crippen molar-refractivity contribution in [3.63, 3.8) is 0 Å². The number of rotatable bonds is 7. The van der Waals surface area contributed by atoms with E-state index in [0.717, 1.165) is 6.07 Å². The molecular weight excluding hydrogens is 415 g/mol. The van der Waals surface area contributed by atoms with Crippen LogP contribution in [0.25, 0.3) is 0 Å². The number of halogens is 1. The van der Waals surface area contributed by atoms with Crippen LogP contribution in [0, 0.1) is 15.9 Å². The Morgan fingerprint density at radius 1 is 1.10 bits per heavy atom. The number of carbonyl (C=O) groups excluding carboxylic acids is 1. The van der Waals surface area contributed by atoms with Gasteiger partial charge in [-0.25, -0.2) is 12.8 Å². The van der Waals surface area contributed by atoms with Crippen LogP contribution in [0.1, 0.15) is 6.42 Å². The lowest BCUT2D eigenvalue weighted by Crippen LogP contribution is -2.49. The fourth-order valence-corrected chi connectivity index (χ4v) is 4.58. The molecule has 3 rings (SSSR count). The highest BCUT2D eigenvalue weighted by atomic mass is 32.2. The van der Waals surface area contributed by atoms with Crippen LogP contribution in [-0.4, -0.2) is 61.2 Å². The number of piperazine rings is 1. The van der Waals surface area contributed by atoms with E-state index in [1.54, 1.807) is 0 Å². The second kappa shape index (κ2) is 9.28. The highest BCUT2D eigenvalue weighted by Gasteiger charge is 2.29. The van der Waals surface area contributed by atoms with E-state index >= 15 is 0 Å². The number of sulfonamides is 1. The Kier molecular flexibility index (Phi) is 6.75. The first-order valence-corrected chi connectivity index (χ1v) is 10.7. The third-order valence-electron chi connectivity index (χ3n) is 4.78. The fourth-order valence-electron chi connectivity index (χ4n) is 3.12. The van der Waals surface area contributed by atoms with Crippen molar-refractivity contribution in [1.82, 2.24) is 9.21 Å². The topological polar surface area (TPSA) is 113 Å². The van der Waals surface area contributed by atoms with Crippen LogP contribution in [0.4, 0.5) is 15.8 Å². The number of nitrogens with zero attached hydrogens (tertiary/aromatic N) is 3. The molecule has 9 nitrogen and oxygen atoms in total.